The van der Waals surface area contributed by atoms with Crippen LogP contribution < -0.4 is 0 Å². The number of rotatable bonds is 3. The van der Waals surface area contributed by atoms with E-state index >= 15 is 0 Å². The zero-order chi connectivity index (χ0) is 8.55. The summed E-state index contributed by atoms with van der Waals surface area (Å²) in [6.07, 6.45) is 0.180. The van der Waals surface area contributed by atoms with Gasteiger partial charge in [-0.05, 0) is 11.4 Å². The van der Waals surface area contributed by atoms with Crippen LogP contribution >= 0.6 is 11.3 Å². The number of hydrogen-bond acceptors (Lipinski definition) is 3. The molecule has 0 N–H and O–H groups in total. The van der Waals surface area contributed by atoms with Crippen molar-refractivity contribution in [1.82, 2.24) is 0 Å². The second-order valence-corrected chi connectivity index (χ2v) is 3.95. The smallest absolute Gasteiger partial charge is 0.178 e. The third-order valence-electron chi connectivity index (χ3n) is 2.09. The van der Waals surface area contributed by atoms with Crippen LogP contribution in [0.25, 0.3) is 0 Å². The van der Waals surface area contributed by atoms with Crippen molar-refractivity contribution < 1.29 is 9.53 Å². The Labute approximate surface area is 75.2 Å². The second-order valence-electron chi connectivity index (χ2n) is 3.00. The molecule has 1 saturated heterocycles. The molecular formula is C9H10O2S. The van der Waals surface area contributed by atoms with Crippen molar-refractivity contribution in [2.24, 2.45) is 5.92 Å². The molecule has 2 atom stereocenters. The second kappa shape index (κ2) is 2.99. The van der Waals surface area contributed by atoms with Gasteiger partial charge >= 0.3 is 0 Å². The summed E-state index contributed by atoms with van der Waals surface area (Å²) in [5.74, 6) is 0.246. The Morgan fingerprint density at radius 1 is 1.83 bits per heavy atom. The van der Waals surface area contributed by atoms with Gasteiger partial charge in [0.1, 0.15) is 0 Å². The summed E-state index contributed by atoms with van der Waals surface area (Å²) < 4.78 is 5.07. The standard InChI is InChI=1S/C9H10O2S/c1-6(7-5-11-7)9(10)8-3-2-4-12-8/h2-4,6-7H,5H2,1H3. The number of thiophene rings is 1. The lowest BCUT2D eigenvalue weighted by atomic mass is 10.0. The molecule has 1 aliphatic rings. The minimum absolute atomic E-state index is 0.0312. The summed E-state index contributed by atoms with van der Waals surface area (Å²) >= 11 is 1.50. The van der Waals surface area contributed by atoms with Crippen LogP contribution in [-0.4, -0.2) is 18.5 Å². The van der Waals surface area contributed by atoms with E-state index in [1.165, 1.54) is 11.3 Å². The van der Waals surface area contributed by atoms with Crippen LogP contribution in [-0.2, 0) is 4.74 Å². The zero-order valence-electron chi connectivity index (χ0n) is 6.82. The average Bonchev–Trinajstić information content (AvgIpc) is 2.79. The molecule has 2 nitrogen and oxygen atoms in total. The largest absolute Gasteiger partial charge is 0.372 e. The Balaban J connectivity index is 2.09. The summed E-state index contributed by atoms with van der Waals surface area (Å²) in [5.41, 5.74) is 0. The van der Waals surface area contributed by atoms with Crippen molar-refractivity contribution in [2.45, 2.75) is 13.0 Å². The monoisotopic (exact) mass is 182 g/mol. The first-order chi connectivity index (χ1) is 5.79. The molecule has 0 aromatic carbocycles. The van der Waals surface area contributed by atoms with Gasteiger partial charge in [0.2, 0.25) is 0 Å². The fraction of sp³-hybridized carbons (Fsp3) is 0.444. The number of carbonyl (C=O) groups is 1. The lowest BCUT2D eigenvalue weighted by Crippen LogP contribution is -2.15. The van der Waals surface area contributed by atoms with E-state index in [-0.39, 0.29) is 17.8 Å². The minimum atomic E-state index is 0.0312. The molecule has 2 heterocycles. The number of carbonyl (C=O) groups excluding carboxylic acids is 1. The van der Waals surface area contributed by atoms with E-state index in [1.54, 1.807) is 0 Å². The molecule has 0 amide bonds. The highest BCUT2D eigenvalue weighted by molar-refractivity contribution is 7.12. The van der Waals surface area contributed by atoms with Gasteiger partial charge in [0.15, 0.2) is 5.78 Å². The highest BCUT2D eigenvalue weighted by atomic mass is 32.1. The molecule has 1 fully saturated rings. The molecular weight excluding hydrogens is 172 g/mol. The molecule has 1 aromatic rings. The van der Waals surface area contributed by atoms with E-state index in [9.17, 15) is 4.79 Å². The first-order valence-corrected chi connectivity index (χ1v) is 4.86. The topological polar surface area (TPSA) is 29.6 Å². The number of ketones is 1. The molecule has 12 heavy (non-hydrogen) atoms. The Hall–Kier alpha value is -0.670. The normalized spacial score (nSPS) is 23.6. The van der Waals surface area contributed by atoms with E-state index in [4.69, 9.17) is 4.74 Å². The van der Waals surface area contributed by atoms with Crippen LogP contribution in [0, 0.1) is 5.92 Å². The molecule has 0 aliphatic carbocycles. The number of ether oxygens (including phenoxy) is 1. The first-order valence-electron chi connectivity index (χ1n) is 3.98. The highest BCUT2D eigenvalue weighted by Crippen LogP contribution is 2.24. The molecule has 64 valence electrons. The Morgan fingerprint density at radius 2 is 2.58 bits per heavy atom. The van der Waals surface area contributed by atoms with Crippen LogP contribution in [0.2, 0.25) is 0 Å². The van der Waals surface area contributed by atoms with Crippen LogP contribution in [0.3, 0.4) is 0 Å². The summed E-state index contributed by atoms with van der Waals surface area (Å²) in [7, 11) is 0. The molecule has 0 bridgehead atoms. The summed E-state index contributed by atoms with van der Waals surface area (Å²) in [4.78, 5) is 12.5. The van der Waals surface area contributed by atoms with Crippen molar-refractivity contribution in [2.75, 3.05) is 6.61 Å². The lowest BCUT2D eigenvalue weighted by molar-refractivity contribution is 0.0913. The third-order valence-corrected chi connectivity index (χ3v) is 2.98. The van der Waals surface area contributed by atoms with Gasteiger partial charge in [-0.2, -0.15) is 0 Å². The van der Waals surface area contributed by atoms with Crippen molar-refractivity contribution >= 4 is 17.1 Å². The molecule has 2 rings (SSSR count). The molecule has 1 aliphatic heterocycles. The summed E-state index contributed by atoms with van der Waals surface area (Å²) in [6.45, 7) is 2.68. The van der Waals surface area contributed by atoms with Crippen molar-refractivity contribution in [1.29, 1.82) is 0 Å². The fourth-order valence-electron chi connectivity index (χ4n) is 1.16. The maximum absolute atomic E-state index is 11.6. The van der Waals surface area contributed by atoms with E-state index in [0.717, 1.165) is 11.5 Å². The van der Waals surface area contributed by atoms with Crippen LogP contribution in [0.1, 0.15) is 16.6 Å². The predicted octanol–water partition coefficient (Wildman–Crippen LogP) is 1.97. The van der Waals surface area contributed by atoms with Gasteiger partial charge in [-0.1, -0.05) is 13.0 Å². The number of hydrogen-bond donors (Lipinski definition) is 0. The van der Waals surface area contributed by atoms with Gasteiger partial charge in [-0.15, -0.1) is 11.3 Å². The van der Waals surface area contributed by atoms with E-state index in [2.05, 4.69) is 0 Å². The Morgan fingerprint density at radius 3 is 3.08 bits per heavy atom. The molecule has 0 saturated carbocycles. The van der Waals surface area contributed by atoms with Gasteiger partial charge in [0, 0.05) is 5.92 Å². The van der Waals surface area contributed by atoms with Crippen LogP contribution in [0.4, 0.5) is 0 Å². The summed E-state index contributed by atoms with van der Waals surface area (Å²) in [6, 6.07) is 3.77. The van der Waals surface area contributed by atoms with Crippen LogP contribution in [0.15, 0.2) is 17.5 Å². The van der Waals surface area contributed by atoms with Gasteiger partial charge < -0.3 is 4.74 Å². The summed E-state index contributed by atoms with van der Waals surface area (Å²) in [5, 5.41) is 1.92. The average molecular weight is 182 g/mol. The van der Waals surface area contributed by atoms with Gasteiger partial charge in [-0.25, -0.2) is 0 Å². The van der Waals surface area contributed by atoms with E-state index in [1.807, 2.05) is 24.4 Å². The maximum atomic E-state index is 11.6. The molecule has 3 heteroatoms. The SMILES string of the molecule is CC(C(=O)c1cccs1)C1CO1. The third kappa shape index (κ3) is 1.42. The Kier molecular flexibility index (Phi) is 1.98. The predicted molar refractivity (Wildman–Crippen MR) is 47.6 cm³/mol. The van der Waals surface area contributed by atoms with Crippen LogP contribution in [0.5, 0.6) is 0 Å². The van der Waals surface area contributed by atoms with Crippen molar-refractivity contribution in [3.63, 3.8) is 0 Å². The fourth-order valence-corrected chi connectivity index (χ4v) is 1.92. The Bertz CT molecular complexity index is 275. The molecule has 0 spiro atoms. The van der Waals surface area contributed by atoms with Crippen molar-refractivity contribution in [3.05, 3.63) is 22.4 Å². The quantitative estimate of drug-likeness (QED) is 0.528. The van der Waals surface area contributed by atoms with Gasteiger partial charge in [-0.3, -0.25) is 4.79 Å². The lowest BCUT2D eigenvalue weighted by Gasteiger charge is -2.03. The first kappa shape index (κ1) is 7.95. The molecule has 0 radical (unpaired) electrons. The van der Waals surface area contributed by atoms with Gasteiger partial charge in [0.05, 0.1) is 17.6 Å². The molecule has 1 aromatic heterocycles. The minimum Gasteiger partial charge on any atom is -0.372 e. The highest BCUT2D eigenvalue weighted by Gasteiger charge is 2.34. The zero-order valence-corrected chi connectivity index (χ0v) is 7.64. The van der Waals surface area contributed by atoms with E-state index in [0.29, 0.717) is 0 Å². The van der Waals surface area contributed by atoms with E-state index < -0.39 is 0 Å². The van der Waals surface area contributed by atoms with Crippen molar-refractivity contribution in [3.8, 4) is 0 Å². The molecule has 2 unspecified atom stereocenters. The number of epoxide rings is 1. The van der Waals surface area contributed by atoms with Gasteiger partial charge in [0.25, 0.3) is 0 Å². The number of Topliss-reactive ketones (excluding diaryl/α,β-unsaturated/α-hetero) is 1. The maximum Gasteiger partial charge on any atom is 0.178 e.